The summed E-state index contributed by atoms with van der Waals surface area (Å²) in [6.45, 7) is 4.42. The Bertz CT molecular complexity index is 1080. The Balaban J connectivity index is 1.58. The zero-order chi connectivity index (χ0) is 24.5. The molecule has 2 heterocycles. The minimum Gasteiger partial charge on any atom is -0.353 e. The Labute approximate surface area is 202 Å². The van der Waals surface area contributed by atoms with E-state index in [-0.39, 0.29) is 30.0 Å². The summed E-state index contributed by atoms with van der Waals surface area (Å²) in [7, 11) is 0. The van der Waals surface area contributed by atoms with Crippen molar-refractivity contribution in [1.29, 1.82) is 0 Å². The van der Waals surface area contributed by atoms with Crippen molar-refractivity contribution in [2.75, 3.05) is 19.7 Å². The van der Waals surface area contributed by atoms with Gasteiger partial charge < -0.3 is 15.0 Å². The van der Waals surface area contributed by atoms with Crippen LogP contribution in [0.1, 0.15) is 47.4 Å². The number of amides is 3. The molecular formula is C25H27ClFN3O4. The van der Waals surface area contributed by atoms with E-state index in [0.29, 0.717) is 36.5 Å². The summed E-state index contributed by atoms with van der Waals surface area (Å²) < 4.78 is 19.6. The SMILES string of the molecule is CC(C)NC(=O)C1COC2(CCN(C(=O)c3cccc(Cl)c3)CC2)N1C(=O)c1ccc(F)cc1. The van der Waals surface area contributed by atoms with E-state index in [1.54, 1.807) is 29.2 Å². The molecule has 2 saturated heterocycles. The predicted molar refractivity (Wildman–Crippen MR) is 125 cm³/mol. The topological polar surface area (TPSA) is 79.0 Å². The van der Waals surface area contributed by atoms with E-state index in [0.717, 1.165) is 0 Å². The third kappa shape index (κ3) is 4.79. The maximum atomic E-state index is 13.6. The highest BCUT2D eigenvalue weighted by Crippen LogP contribution is 2.39. The van der Waals surface area contributed by atoms with Crippen molar-refractivity contribution in [3.05, 3.63) is 70.5 Å². The third-order valence-corrected chi connectivity index (χ3v) is 6.44. The number of hydrogen-bond acceptors (Lipinski definition) is 4. The highest BCUT2D eigenvalue weighted by molar-refractivity contribution is 6.30. The Morgan fingerprint density at radius 2 is 1.74 bits per heavy atom. The summed E-state index contributed by atoms with van der Waals surface area (Å²) in [5.74, 6) is -1.32. The summed E-state index contributed by atoms with van der Waals surface area (Å²) in [6, 6.07) is 11.1. The van der Waals surface area contributed by atoms with Gasteiger partial charge in [-0.2, -0.15) is 0 Å². The molecule has 180 valence electrons. The number of halogens is 2. The standard InChI is InChI=1S/C25H27ClFN3O4/c1-16(2)28-22(31)21-15-34-25(30(21)24(33)17-6-8-20(27)9-7-17)10-12-29(13-11-25)23(32)18-4-3-5-19(26)14-18/h3-9,14,16,21H,10-13,15H2,1-2H3,(H,28,31). The molecule has 0 aromatic heterocycles. The lowest BCUT2D eigenvalue weighted by molar-refractivity contribution is -0.128. The van der Waals surface area contributed by atoms with Gasteiger partial charge in [-0.3, -0.25) is 19.3 Å². The highest BCUT2D eigenvalue weighted by atomic mass is 35.5. The molecule has 2 aromatic rings. The quantitative estimate of drug-likeness (QED) is 0.716. The number of carbonyl (C=O) groups excluding carboxylic acids is 3. The average Bonchev–Trinajstić information content (AvgIpc) is 3.17. The fourth-order valence-corrected chi connectivity index (χ4v) is 4.73. The second kappa shape index (κ2) is 9.72. The largest absolute Gasteiger partial charge is 0.353 e. The summed E-state index contributed by atoms with van der Waals surface area (Å²) in [5, 5.41) is 3.34. The number of benzene rings is 2. The van der Waals surface area contributed by atoms with Gasteiger partial charge >= 0.3 is 0 Å². The Kier molecular flexibility index (Phi) is 6.91. The van der Waals surface area contributed by atoms with E-state index in [1.165, 1.54) is 29.2 Å². The minimum atomic E-state index is -1.03. The molecule has 2 aliphatic rings. The molecule has 9 heteroatoms. The zero-order valence-electron chi connectivity index (χ0n) is 19.1. The van der Waals surface area contributed by atoms with Crippen LogP contribution in [-0.4, -0.2) is 65.0 Å². The van der Waals surface area contributed by atoms with Crippen molar-refractivity contribution < 1.29 is 23.5 Å². The van der Waals surface area contributed by atoms with Crippen molar-refractivity contribution >= 4 is 29.3 Å². The third-order valence-electron chi connectivity index (χ3n) is 6.21. The van der Waals surface area contributed by atoms with Crippen LogP contribution < -0.4 is 5.32 Å². The molecule has 0 aliphatic carbocycles. The first-order chi connectivity index (χ1) is 16.2. The second-order valence-corrected chi connectivity index (χ2v) is 9.36. The maximum Gasteiger partial charge on any atom is 0.256 e. The molecule has 34 heavy (non-hydrogen) atoms. The van der Waals surface area contributed by atoms with Crippen LogP contribution in [-0.2, 0) is 9.53 Å². The van der Waals surface area contributed by atoms with E-state index < -0.39 is 23.5 Å². The molecule has 1 N–H and O–H groups in total. The molecule has 4 rings (SSSR count). The van der Waals surface area contributed by atoms with Crippen molar-refractivity contribution in [1.82, 2.24) is 15.1 Å². The summed E-state index contributed by atoms with van der Waals surface area (Å²) >= 11 is 6.03. The summed E-state index contributed by atoms with van der Waals surface area (Å²) in [4.78, 5) is 42.7. The van der Waals surface area contributed by atoms with E-state index in [4.69, 9.17) is 16.3 Å². The van der Waals surface area contributed by atoms with Crippen molar-refractivity contribution in [2.24, 2.45) is 0 Å². The average molecular weight is 488 g/mol. The molecule has 0 saturated carbocycles. The van der Waals surface area contributed by atoms with E-state index in [1.807, 2.05) is 13.8 Å². The summed E-state index contributed by atoms with van der Waals surface area (Å²) in [6.07, 6.45) is 0.690. The number of likely N-dealkylation sites (tertiary alicyclic amines) is 1. The normalized spacial score (nSPS) is 19.5. The molecule has 2 aliphatic heterocycles. The molecule has 0 bridgehead atoms. The van der Waals surface area contributed by atoms with Crippen LogP contribution in [0.2, 0.25) is 5.02 Å². The Hall–Kier alpha value is -2.97. The van der Waals surface area contributed by atoms with Crippen molar-refractivity contribution in [3.8, 4) is 0 Å². The van der Waals surface area contributed by atoms with Gasteiger partial charge in [0.1, 0.15) is 17.6 Å². The van der Waals surface area contributed by atoms with Crippen LogP contribution in [0.25, 0.3) is 0 Å². The molecular weight excluding hydrogens is 461 g/mol. The fourth-order valence-electron chi connectivity index (χ4n) is 4.54. The maximum absolute atomic E-state index is 13.6. The van der Waals surface area contributed by atoms with Gasteiger partial charge in [-0.25, -0.2) is 4.39 Å². The molecule has 1 atom stereocenters. The van der Waals surface area contributed by atoms with Gasteiger partial charge in [0.15, 0.2) is 0 Å². The van der Waals surface area contributed by atoms with Crippen molar-refractivity contribution in [3.63, 3.8) is 0 Å². The van der Waals surface area contributed by atoms with E-state index in [2.05, 4.69) is 5.32 Å². The second-order valence-electron chi connectivity index (χ2n) is 8.92. The van der Waals surface area contributed by atoms with Crippen LogP contribution >= 0.6 is 11.6 Å². The molecule has 1 unspecified atom stereocenters. The van der Waals surface area contributed by atoms with Crippen LogP contribution in [0.15, 0.2) is 48.5 Å². The Morgan fingerprint density at radius 3 is 2.35 bits per heavy atom. The smallest absolute Gasteiger partial charge is 0.256 e. The lowest BCUT2D eigenvalue weighted by atomic mass is 9.96. The van der Waals surface area contributed by atoms with E-state index >= 15 is 0 Å². The fraction of sp³-hybridized carbons (Fsp3) is 0.400. The number of hydrogen-bond donors (Lipinski definition) is 1. The highest BCUT2D eigenvalue weighted by Gasteiger charge is 2.54. The molecule has 2 fully saturated rings. The Morgan fingerprint density at radius 1 is 1.06 bits per heavy atom. The molecule has 7 nitrogen and oxygen atoms in total. The zero-order valence-corrected chi connectivity index (χ0v) is 19.8. The van der Waals surface area contributed by atoms with Gasteiger partial charge in [0.25, 0.3) is 11.8 Å². The van der Waals surface area contributed by atoms with Crippen LogP contribution in [0.4, 0.5) is 4.39 Å². The van der Waals surface area contributed by atoms with Crippen molar-refractivity contribution in [2.45, 2.75) is 44.5 Å². The number of nitrogens with one attached hydrogen (secondary N) is 1. The minimum absolute atomic E-state index is 0.0493. The van der Waals surface area contributed by atoms with Gasteiger partial charge in [0.2, 0.25) is 5.91 Å². The number of nitrogens with zero attached hydrogens (tertiary/aromatic N) is 2. The molecule has 1 spiro atoms. The first-order valence-corrected chi connectivity index (χ1v) is 11.7. The van der Waals surface area contributed by atoms with Crippen LogP contribution in [0.5, 0.6) is 0 Å². The van der Waals surface area contributed by atoms with Gasteiger partial charge in [0, 0.05) is 48.1 Å². The van der Waals surface area contributed by atoms with Crippen LogP contribution in [0.3, 0.4) is 0 Å². The number of ether oxygens (including phenoxy) is 1. The first kappa shape index (κ1) is 24.2. The molecule has 0 radical (unpaired) electrons. The summed E-state index contributed by atoms with van der Waals surface area (Å²) in [5.41, 5.74) is -0.273. The monoisotopic (exact) mass is 487 g/mol. The lowest BCUT2D eigenvalue weighted by Crippen LogP contribution is -2.60. The molecule has 2 aromatic carbocycles. The van der Waals surface area contributed by atoms with Gasteiger partial charge in [-0.05, 0) is 56.3 Å². The van der Waals surface area contributed by atoms with Gasteiger partial charge in [-0.1, -0.05) is 17.7 Å². The predicted octanol–water partition coefficient (Wildman–Crippen LogP) is 3.48. The van der Waals surface area contributed by atoms with Crippen LogP contribution in [0, 0.1) is 5.82 Å². The van der Waals surface area contributed by atoms with Gasteiger partial charge in [0.05, 0.1) is 6.61 Å². The number of piperidine rings is 1. The van der Waals surface area contributed by atoms with E-state index in [9.17, 15) is 18.8 Å². The lowest BCUT2D eigenvalue weighted by Gasteiger charge is -2.44. The van der Waals surface area contributed by atoms with Gasteiger partial charge in [-0.15, -0.1) is 0 Å². The number of rotatable bonds is 4. The molecule has 3 amide bonds. The number of carbonyl (C=O) groups is 3. The first-order valence-electron chi connectivity index (χ1n) is 11.3.